The van der Waals surface area contributed by atoms with E-state index in [1.807, 2.05) is 18.3 Å². The van der Waals surface area contributed by atoms with Gasteiger partial charge in [0.25, 0.3) is 0 Å². The van der Waals surface area contributed by atoms with Crippen molar-refractivity contribution in [2.45, 2.75) is 31.2 Å². The van der Waals surface area contributed by atoms with E-state index in [2.05, 4.69) is 69.6 Å². The first kappa shape index (κ1) is 16.4. The Kier molecular flexibility index (Phi) is 4.67. The van der Waals surface area contributed by atoms with Crippen molar-refractivity contribution in [3.8, 4) is 11.1 Å². The molecule has 2 unspecified atom stereocenters. The molecule has 4 rings (SSSR count). The zero-order chi connectivity index (χ0) is 17.8. The molecule has 128 valence electrons. The van der Waals surface area contributed by atoms with E-state index < -0.39 is 0 Å². The molecule has 0 bridgehead atoms. The van der Waals surface area contributed by atoms with Crippen LogP contribution in [0.1, 0.15) is 29.2 Å². The SMILES string of the molecule is [N-]=[N+]=NC1CCc2cccnc2C1Cc1cccc(-c2ccccc2)c1. The van der Waals surface area contributed by atoms with Gasteiger partial charge in [-0.1, -0.05) is 65.8 Å². The average Bonchev–Trinajstić information content (AvgIpc) is 2.71. The van der Waals surface area contributed by atoms with Crippen LogP contribution in [0.5, 0.6) is 0 Å². The first-order chi connectivity index (χ1) is 12.8. The third kappa shape index (κ3) is 3.32. The Morgan fingerprint density at radius 3 is 2.69 bits per heavy atom. The number of benzene rings is 2. The number of hydrogen-bond donors (Lipinski definition) is 0. The van der Waals surface area contributed by atoms with Crippen LogP contribution in [0, 0.1) is 0 Å². The monoisotopic (exact) mass is 340 g/mol. The van der Waals surface area contributed by atoms with Crippen molar-refractivity contribution in [3.05, 3.63) is 100 Å². The molecule has 1 aliphatic rings. The summed E-state index contributed by atoms with van der Waals surface area (Å²) in [5.41, 5.74) is 15.0. The minimum Gasteiger partial charge on any atom is -0.261 e. The second-order valence-corrected chi connectivity index (χ2v) is 6.74. The van der Waals surface area contributed by atoms with Gasteiger partial charge in [0.2, 0.25) is 0 Å². The Labute approximate surface area is 153 Å². The predicted octanol–water partition coefficient (Wildman–Crippen LogP) is 5.70. The lowest BCUT2D eigenvalue weighted by molar-refractivity contribution is 0.455. The molecule has 2 aromatic carbocycles. The van der Waals surface area contributed by atoms with Crippen molar-refractivity contribution in [1.82, 2.24) is 4.98 Å². The highest BCUT2D eigenvalue weighted by Gasteiger charge is 2.30. The number of pyridine rings is 1. The standard InChI is InChI=1S/C22H20N4/c23-26-25-21-12-11-18-10-5-13-24-22(18)20(21)15-16-6-4-9-19(14-16)17-7-2-1-3-8-17/h1-10,13-14,20-21H,11-12,15H2. The van der Waals surface area contributed by atoms with E-state index in [4.69, 9.17) is 5.53 Å². The molecular weight excluding hydrogens is 320 g/mol. The van der Waals surface area contributed by atoms with Gasteiger partial charge in [0.1, 0.15) is 0 Å². The summed E-state index contributed by atoms with van der Waals surface area (Å²) < 4.78 is 0. The first-order valence-electron chi connectivity index (χ1n) is 8.97. The van der Waals surface area contributed by atoms with Gasteiger partial charge < -0.3 is 0 Å². The quantitative estimate of drug-likeness (QED) is 0.341. The van der Waals surface area contributed by atoms with Crippen LogP contribution in [0.2, 0.25) is 0 Å². The third-order valence-corrected chi connectivity index (χ3v) is 5.14. The molecule has 1 heterocycles. The minimum absolute atomic E-state index is 0.0391. The van der Waals surface area contributed by atoms with Gasteiger partial charge in [-0.15, -0.1) is 0 Å². The number of azide groups is 1. The van der Waals surface area contributed by atoms with Crippen molar-refractivity contribution in [2.75, 3.05) is 0 Å². The highest BCUT2D eigenvalue weighted by atomic mass is 15.2. The lowest BCUT2D eigenvalue weighted by Crippen LogP contribution is -2.26. The second-order valence-electron chi connectivity index (χ2n) is 6.74. The van der Waals surface area contributed by atoms with Gasteiger partial charge >= 0.3 is 0 Å². The maximum absolute atomic E-state index is 8.98. The summed E-state index contributed by atoms with van der Waals surface area (Å²) in [6, 6.07) is 23.1. The molecule has 2 atom stereocenters. The maximum Gasteiger partial charge on any atom is 0.0473 e. The Morgan fingerprint density at radius 1 is 1.00 bits per heavy atom. The van der Waals surface area contributed by atoms with E-state index in [0.717, 1.165) is 25.0 Å². The number of rotatable bonds is 4. The summed E-state index contributed by atoms with van der Waals surface area (Å²) in [4.78, 5) is 7.71. The van der Waals surface area contributed by atoms with Gasteiger partial charge in [-0.25, -0.2) is 0 Å². The molecule has 0 aliphatic heterocycles. The fraction of sp³-hybridized carbons (Fsp3) is 0.227. The third-order valence-electron chi connectivity index (χ3n) is 5.14. The first-order valence-corrected chi connectivity index (χ1v) is 8.97. The van der Waals surface area contributed by atoms with E-state index in [-0.39, 0.29) is 12.0 Å². The summed E-state index contributed by atoms with van der Waals surface area (Å²) in [7, 11) is 0. The molecule has 0 amide bonds. The normalized spacial score (nSPS) is 18.6. The lowest BCUT2D eigenvalue weighted by atomic mass is 9.79. The molecule has 1 aliphatic carbocycles. The van der Waals surface area contributed by atoms with Gasteiger partial charge in [0, 0.05) is 28.8 Å². The number of aryl methyl sites for hydroxylation is 1. The molecule has 3 aromatic rings. The molecule has 0 spiro atoms. The number of hydrogen-bond acceptors (Lipinski definition) is 2. The van der Waals surface area contributed by atoms with Gasteiger partial charge in [0.15, 0.2) is 0 Å². The summed E-state index contributed by atoms with van der Waals surface area (Å²) >= 11 is 0. The van der Waals surface area contributed by atoms with E-state index in [1.54, 1.807) is 0 Å². The van der Waals surface area contributed by atoms with E-state index in [0.29, 0.717) is 0 Å². The summed E-state index contributed by atoms with van der Waals surface area (Å²) in [5.74, 6) is 0.127. The van der Waals surface area contributed by atoms with Crippen LogP contribution in [0.25, 0.3) is 21.6 Å². The number of aromatic nitrogens is 1. The Balaban J connectivity index is 1.68. The van der Waals surface area contributed by atoms with Crippen LogP contribution >= 0.6 is 0 Å². The van der Waals surface area contributed by atoms with Crippen molar-refractivity contribution in [2.24, 2.45) is 5.11 Å². The smallest absolute Gasteiger partial charge is 0.0473 e. The molecule has 0 fully saturated rings. The summed E-state index contributed by atoms with van der Waals surface area (Å²) in [5, 5.41) is 4.08. The fourth-order valence-electron chi connectivity index (χ4n) is 3.88. The van der Waals surface area contributed by atoms with Crippen molar-refractivity contribution in [1.29, 1.82) is 0 Å². The van der Waals surface area contributed by atoms with Crippen LogP contribution in [0.15, 0.2) is 78.0 Å². The molecule has 0 radical (unpaired) electrons. The number of nitrogens with zero attached hydrogens (tertiary/aromatic N) is 4. The molecule has 4 heteroatoms. The van der Waals surface area contributed by atoms with Crippen molar-refractivity contribution >= 4 is 0 Å². The molecular formula is C22H20N4. The van der Waals surface area contributed by atoms with Gasteiger partial charge in [-0.2, -0.15) is 0 Å². The van der Waals surface area contributed by atoms with Crippen LogP contribution in [-0.4, -0.2) is 11.0 Å². The van der Waals surface area contributed by atoms with Gasteiger partial charge in [-0.05, 0) is 53.1 Å². The van der Waals surface area contributed by atoms with Crippen molar-refractivity contribution < 1.29 is 0 Å². The Hall–Kier alpha value is -3.10. The topological polar surface area (TPSA) is 61.7 Å². The highest BCUT2D eigenvalue weighted by Crippen LogP contribution is 2.35. The van der Waals surface area contributed by atoms with E-state index in [9.17, 15) is 0 Å². The molecule has 0 saturated heterocycles. The predicted molar refractivity (Wildman–Crippen MR) is 104 cm³/mol. The lowest BCUT2D eigenvalue weighted by Gasteiger charge is -2.30. The molecule has 0 N–H and O–H groups in total. The van der Waals surface area contributed by atoms with E-state index in [1.165, 1.54) is 22.3 Å². The van der Waals surface area contributed by atoms with Crippen LogP contribution in [0.3, 0.4) is 0 Å². The van der Waals surface area contributed by atoms with Gasteiger partial charge in [0.05, 0.1) is 0 Å². The van der Waals surface area contributed by atoms with E-state index >= 15 is 0 Å². The molecule has 1 aromatic heterocycles. The maximum atomic E-state index is 8.98. The summed E-state index contributed by atoms with van der Waals surface area (Å²) in [6.45, 7) is 0. The zero-order valence-corrected chi connectivity index (χ0v) is 14.5. The Bertz CT molecular complexity index is 945. The number of fused-ring (bicyclic) bond motifs is 1. The zero-order valence-electron chi connectivity index (χ0n) is 14.5. The minimum atomic E-state index is -0.0391. The molecule has 26 heavy (non-hydrogen) atoms. The second kappa shape index (κ2) is 7.42. The Morgan fingerprint density at radius 2 is 1.85 bits per heavy atom. The van der Waals surface area contributed by atoms with Gasteiger partial charge in [-0.3, -0.25) is 4.98 Å². The fourth-order valence-corrected chi connectivity index (χ4v) is 3.88. The van der Waals surface area contributed by atoms with Crippen LogP contribution < -0.4 is 0 Å². The van der Waals surface area contributed by atoms with Crippen LogP contribution in [-0.2, 0) is 12.8 Å². The molecule has 4 nitrogen and oxygen atoms in total. The molecule has 0 saturated carbocycles. The summed E-state index contributed by atoms with van der Waals surface area (Å²) in [6.07, 6.45) is 4.47. The van der Waals surface area contributed by atoms with Crippen molar-refractivity contribution in [3.63, 3.8) is 0 Å². The largest absolute Gasteiger partial charge is 0.261 e. The van der Waals surface area contributed by atoms with Crippen LogP contribution in [0.4, 0.5) is 0 Å². The highest BCUT2D eigenvalue weighted by molar-refractivity contribution is 5.64. The average molecular weight is 340 g/mol.